The number of aromatic nitrogens is 1. The lowest BCUT2D eigenvalue weighted by Gasteiger charge is -2.27. The van der Waals surface area contributed by atoms with E-state index in [1.807, 2.05) is 48.5 Å². The van der Waals surface area contributed by atoms with Crippen LogP contribution in [0.3, 0.4) is 0 Å². The Kier molecular flexibility index (Phi) is 5.99. The SMILES string of the molecule is CNC(=O)c1c(-c2ccc(O)cc2)n(-c2ccccc2)c2ccc(O)c(CN3CCCCC3)c12. The first-order valence-corrected chi connectivity index (χ1v) is 11.8. The summed E-state index contributed by atoms with van der Waals surface area (Å²) in [5, 5.41) is 24.5. The van der Waals surface area contributed by atoms with Gasteiger partial charge in [-0.15, -0.1) is 0 Å². The molecule has 3 aromatic carbocycles. The van der Waals surface area contributed by atoms with Crippen LogP contribution in [0.2, 0.25) is 0 Å². The highest BCUT2D eigenvalue weighted by Gasteiger charge is 2.28. The van der Waals surface area contributed by atoms with Crippen LogP contribution in [0.1, 0.15) is 35.2 Å². The van der Waals surface area contributed by atoms with E-state index in [2.05, 4.69) is 14.8 Å². The Hall–Kier alpha value is -3.77. The number of benzene rings is 3. The number of hydrogen-bond acceptors (Lipinski definition) is 4. The van der Waals surface area contributed by atoms with E-state index in [-0.39, 0.29) is 17.4 Å². The van der Waals surface area contributed by atoms with E-state index >= 15 is 0 Å². The Morgan fingerprint density at radius 1 is 0.912 bits per heavy atom. The lowest BCUT2D eigenvalue weighted by atomic mass is 9.99. The summed E-state index contributed by atoms with van der Waals surface area (Å²) in [6, 6.07) is 20.4. The van der Waals surface area contributed by atoms with Crippen molar-refractivity contribution in [3.05, 3.63) is 77.9 Å². The normalized spacial score (nSPS) is 14.4. The minimum Gasteiger partial charge on any atom is -0.508 e. The Balaban J connectivity index is 1.86. The summed E-state index contributed by atoms with van der Waals surface area (Å²) in [6.07, 6.45) is 3.51. The minimum absolute atomic E-state index is 0.163. The largest absolute Gasteiger partial charge is 0.508 e. The van der Waals surface area contributed by atoms with Crippen molar-refractivity contribution in [1.82, 2.24) is 14.8 Å². The molecule has 5 rings (SSSR count). The first kappa shape index (κ1) is 22.0. The standard InChI is InChI=1S/C28H29N3O3/c1-29-28(34)26-25-22(18-30-16-6-3-7-17-30)24(33)15-14-23(25)31(20-8-4-2-5-9-20)27(26)19-10-12-21(32)13-11-19/h2,4-5,8-15,32-33H,3,6-7,16-18H2,1H3,(H,29,34). The molecular formula is C28H29N3O3. The molecule has 0 spiro atoms. The summed E-state index contributed by atoms with van der Waals surface area (Å²) >= 11 is 0. The summed E-state index contributed by atoms with van der Waals surface area (Å²) in [6.45, 7) is 2.55. The monoisotopic (exact) mass is 455 g/mol. The van der Waals surface area contributed by atoms with Gasteiger partial charge in [0.2, 0.25) is 0 Å². The van der Waals surface area contributed by atoms with Crippen LogP contribution in [-0.2, 0) is 6.54 Å². The number of piperidine rings is 1. The van der Waals surface area contributed by atoms with Crippen LogP contribution in [0.5, 0.6) is 11.5 Å². The third kappa shape index (κ3) is 3.90. The number of nitrogens with one attached hydrogen (secondary N) is 1. The fourth-order valence-electron chi connectivity index (χ4n) is 5.03. The van der Waals surface area contributed by atoms with Gasteiger partial charge in [0.1, 0.15) is 11.5 Å². The second kappa shape index (κ2) is 9.23. The second-order valence-electron chi connectivity index (χ2n) is 8.81. The van der Waals surface area contributed by atoms with E-state index in [0.717, 1.165) is 59.3 Å². The molecule has 0 unspecified atom stereocenters. The maximum atomic E-state index is 13.4. The molecule has 6 nitrogen and oxygen atoms in total. The zero-order valence-corrected chi connectivity index (χ0v) is 19.3. The number of phenols is 2. The zero-order valence-electron chi connectivity index (χ0n) is 19.3. The van der Waals surface area contributed by atoms with Gasteiger partial charge in [0, 0.05) is 30.2 Å². The predicted octanol–water partition coefficient (Wildman–Crippen LogP) is 5.05. The number of para-hydroxylation sites is 1. The van der Waals surface area contributed by atoms with Crippen molar-refractivity contribution in [2.45, 2.75) is 25.8 Å². The number of nitrogens with zero attached hydrogens (tertiary/aromatic N) is 2. The van der Waals surface area contributed by atoms with Gasteiger partial charge >= 0.3 is 0 Å². The fourth-order valence-corrected chi connectivity index (χ4v) is 5.03. The highest BCUT2D eigenvalue weighted by Crippen LogP contribution is 2.41. The van der Waals surface area contributed by atoms with Gasteiger partial charge in [-0.1, -0.05) is 24.6 Å². The van der Waals surface area contributed by atoms with Gasteiger partial charge in [-0.3, -0.25) is 9.69 Å². The van der Waals surface area contributed by atoms with Gasteiger partial charge in [0.05, 0.1) is 16.8 Å². The van der Waals surface area contributed by atoms with Crippen molar-refractivity contribution >= 4 is 16.8 Å². The van der Waals surface area contributed by atoms with E-state index in [1.54, 1.807) is 25.2 Å². The molecule has 0 radical (unpaired) electrons. The van der Waals surface area contributed by atoms with Crippen LogP contribution < -0.4 is 5.32 Å². The Morgan fingerprint density at radius 2 is 1.62 bits per heavy atom. The van der Waals surface area contributed by atoms with Gasteiger partial charge in [-0.2, -0.15) is 0 Å². The number of likely N-dealkylation sites (tertiary alicyclic amines) is 1. The highest BCUT2D eigenvalue weighted by molar-refractivity contribution is 6.14. The molecule has 174 valence electrons. The maximum absolute atomic E-state index is 13.4. The van der Waals surface area contributed by atoms with E-state index in [1.165, 1.54) is 6.42 Å². The average molecular weight is 456 g/mol. The second-order valence-corrected chi connectivity index (χ2v) is 8.81. The van der Waals surface area contributed by atoms with E-state index in [9.17, 15) is 15.0 Å². The molecule has 1 aliphatic heterocycles. The van der Waals surface area contributed by atoms with Crippen molar-refractivity contribution in [2.75, 3.05) is 20.1 Å². The van der Waals surface area contributed by atoms with Crippen molar-refractivity contribution in [1.29, 1.82) is 0 Å². The number of fused-ring (bicyclic) bond motifs is 1. The molecule has 1 amide bonds. The Bertz CT molecular complexity index is 1320. The molecule has 2 heterocycles. The van der Waals surface area contributed by atoms with Gasteiger partial charge in [-0.05, 0) is 80.0 Å². The third-order valence-corrected chi connectivity index (χ3v) is 6.66. The molecule has 0 atom stereocenters. The summed E-state index contributed by atoms with van der Waals surface area (Å²) in [7, 11) is 1.63. The summed E-state index contributed by atoms with van der Waals surface area (Å²) in [4.78, 5) is 15.8. The molecule has 0 aliphatic carbocycles. The Morgan fingerprint density at radius 3 is 2.29 bits per heavy atom. The molecule has 34 heavy (non-hydrogen) atoms. The van der Waals surface area contributed by atoms with E-state index < -0.39 is 0 Å². The van der Waals surface area contributed by atoms with Crippen LogP contribution in [0.15, 0.2) is 66.7 Å². The summed E-state index contributed by atoms with van der Waals surface area (Å²) in [5.74, 6) is 0.148. The Labute approximate surface area is 199 Å². The first-order chi connectivity index (χ1) is 16.6. The zero-order chi connectivity index (χ0) is 23.7. The third-order valence-electron chi connectivity index (χ3n) is 6.66. The lowest BCUT2D eigenvalue weighted by Crippen LogP contribution is -2.29. The number of carbonyl (C=O) groups is 1. The van der Waals surface area contributed by atoms with Crippen LogP contribution >= 0.6 is 0 Å². The molecule has 1 saturated heterocycles. The number of amides is 1. The molecule has 0 saturated carbocycles. The lowest BCUT2D eigenvalue weighted by molar-refractivity contribution is 0.0965. The topological polar surface area (TPSA) is 77.7 Å². The number of phenolic OH excluding ortho intramolecular Hbond substituents is 2. The van der Waals surface area contributed by atoms with Crippen molar-refractivity contribution in [3.8, 4) is 28.4 Å². The summed E-state index contributed by atoms with van der Waals surface area (Å²) in [5.41, 5.74) is 4.60. The average Bonchev–Trinajstić information content (AvgIpc) is 3.22. The van der Waals surface area contributed by atoms with Gasteiger partial charge in [0.25, 0.3) is 5.91 Å². The van der Waals surface area contributed by atoms with Crippen LogP contribution in [0.4, 0.5) is 0 Å². The smallest absolute Gasteiger partial charge is 0.253 e. The van der Waals surface area contributed by atoms with Crippen LogP contribution in [0.25, 0.3) is 27.8 Å². The maximum Gasteiger partial charge on any atom is 0.253 e. The first-order valence-electron chi connectivity index (χ1n) is 11.8. The molecular weight excluding hydrogens is 426 g/mol. The predicted molar refractivity (Wildman–Crippen MR) is 135 cm³/mol. The van der Waals surface area contributed by atoms with E-state index in [4.69, 9.17) is 0 Å². The highest BCUT2D eigenvalue weighted by atomic mass is 16.3. The van der Waals surface area contributed by atoms with Gasteiger partial charge < -0.3 is 20.1 Å². The molecule has 1 aliphatic rings. The number of rotatable bonds is 5. The molecule has 6 heteroatoms. The van der Waals surface area contributed by atoms with Gasteiger partial charge in [-0.25, -0.2) is 0 Å². The quantitative estimate of drug-likeness (QED) is 0.393. The molecule has 0 bridgehead atoms. The summed E-state index contributed by atoms with van der Waals surface area (Å²) < 4.78 is 2.07. The van der Waals surface area contributed by atoms with Gasteiger partial charge in [0.15, 0.2) is 0 Å². The van der Waals surface area contributed by atoms with Crippen molar-refractivity contribution in [3.63, 3.8) is 0 Å². The number of aromatic hydroxyl groups is 2. The van der Waals surface area contributed by atoms with Crippen molar-refractivity contribution in [2.24, 2.45) is 0 Å². The molecule has 4 aromatic rings. The minimum atomic E-state index is -0.215. The van der Waals surface area contributed by atoms with E-state index in [0.29, 0.717) is 12.1 Å². The molecule has 1 fully saturated rings. The van der Waals surface area contributed by atoms with Crippen molar-refractivity contribution < 1.29 is 15.0 Å². The molecule has 3 N–H and O–H groups in total. The fraction of sp³-hybridized carbons (Fsp3) is 0.250. The molecule has 1 aromatic heterocycles. The number of hydrogen-bond donors (Lipinski definition) is 3. The van der Waals surface area contributed by atoms with Crippen LogP contribution in [-0.4, -0.2) is 45.7 Å². The number of carbonyl (C=O) groups excluding carboxylic acids is 1. The van der Waals surface area contributed by atoms with Crippen LogP contribution in [0, 0.1) is 0 Å².